The average Bonchev–Trinajstić information content (AvgIpc) is 2.67. The van der Waals surface area contributed by atoms with Gasteiger partial charge in [-0.2, -0.15) is 0 Å². The van der Waals surface area contributed by atoms with Crippen LogP contribution < -0.4 is 0 Å². The summed E-state index contributed by atoms with van der Waals surface area (Å²) in [4.78, 5) is 9.47. The van der Waals surface area contributed by atoms with Crippen molar-refractivity contribution in [1.82, 2.24) is 9.97 Å². The molecule has 0 fully saturated rings. The second kappa shape index (κ2) is 5.54. The predicted octanol–water partition coefficient (Wildman–Crippen LogP) is 6.26. The van der Waals surface area contributed by atoms with E-state index in [2.05, 4.69) is 53.5 Å². The number of rotatable bonds is 1. The lowest BCUT2D eigenvalue weighted by atomic mass is 10.0. The molecule has 3 heteroatoms. The smallest absolute Gasteiger partial charge is 0.156 e. The summed E-state index contributed by atoms with van der Waals surface area (Å²) >= 11 is 6.47. The highest BCUT2D eigenvalue weighted by molar-refractivity contribution is 6.32. The first-order valence-electron chi connectivity index (χ1n) is 8.14. The van der Waals surface area contributed by atoms with Gasteiger partial charge in [-0.1, -0.05) is 78.3 Å². The molecule has 0 spiro atoms. The van der Waals surface area contributed by atoms with Gasteiger partial charge in [-0.3, -0.25) is 0 Å². The monoisotopic (exact) mass is 340 g/mol. The van der Waals surface area contributed by atoms with Crippen molar-refractivity contribution >= 4 is 44.2 Å². The molecule has 0 N–H and O–H groups in total. The molecule has 0 unspecified atom stereocenters. The van der Waals surface area contributed by atoms with Crippen LogP contribution in [0.2, 0.25) is 5.15 Å². The van der Waals surface area contributed by atoms with Crippen LogP contribution in [0.5, 0.6) is 0 Å². The highest BCUT2D eigenvalue weighted by Gasteiger charge is 2.12. The number of halogens is 1. The maximum Gasteiger partial charge on any atom is 0.156 e. The van der Waals surface area contributed by atoms with Gasteiger partial charge in [0.25, 0.3) is 0 Å². The van der Waals surface area contributed by atoms with Crippen LogP contribution in [-0.4, -0.2) is 9.97 Å². The van der Waals surface area contributed by atoms with Crippen molar-refractivity contribution < 1.29 is 0 Å². The van der Waals surface area contributed by atoms with Crippen LogP contribution in [0.3, 0.4) is 0 Å². The van der Waals surface area contributed by atoms with Crippen molar-refractivity contribution in [2.75, 3.05) is 0 Å². The molecule has 1 heterocycles. The molecule has 0 bridgehead atoms. The molecule has 25 heavy (non-hydrogen) atoms. The normalized spacial score (nSPS) is 11.4. The van der Waals surface area contributed by atoms with E-state index >= 15 is 0 Å². The third-order valence-corrected chi connectivity index (χ3v) is 4.80. The molecule has 0 saturated carbocycles. The van der Waals surface area contributed by atoms with E-state index in [1.165, 1.54) is 5.39 Å². The van der Waals surface area contributed by atoms with E-state index < -0.39 is 0 Å². The van der Waals surface area contributed by atoms with Crippen LogP contribution in [-0.2, 0) is 0 Å². The Kier molecular flexibility index (Phi) is 3.19. The van der Waals surface area contributed by atoms with Crippen molar-refractivity contribution in [3.8, 4) is 11.3 Å². The molecular weight excluding hydrogens is 328 g/mol. The van der Waals surface area contributed by atoms with Crippen LogP contribution >= 0.6 is 11.6 Å². The quantitative estimate of drug-likeness (QED) is 0.337. The second-order valence-electron chi connectivity index (χ2n) is 6.08. The van der Waals surface area contributed by atoms with Crippen molar-refractivity contribution in [2.24, 2.45) is 0 Å². The minimum absolute atomic E-state index is 0.429. The largest absolute Gasteiger partial charge is 0.242 e. The Hall–Kier alpha value is -2.97. The Morgan fingerprint density at radius 1 is 0.640 bits per heavy atom. The molecule has 0 aliphatic heterocycles. The summed E-state index contributed by atoms with van der Waals surface area (Å²) in [7, 11) is 0. The first-order chi connectivity index (χ1) is 12.3. The van der Waals surface area contributed by atoms with E-state index in [4.69, 9.17) is 16.6 Å². The van der Waals surface area contributed by atoms with Gasteiger partial charge in [0.15, 0.2) is 5.15 Å². The van der Waals surface area contributed by atoms with Gasteiger partial charge < -0.3 is 0 Å². The molecule has 0 atom stereocenters. The molecule has 0 aliphatic carbocycles. The van der Waals surface area contributed by atoms with Gasteiger partial charge in [0, 0.05) is 10.9 Å². The lowest BCUT2D eigenvalue weighted by molar-refractivity contribution is 1.30. The van der Waals surface area contributed by atoms with Crippen molar-refractivity contribution in [1.29, 1.82) is 0 Å². The van der Waals surface area contributed by atoms with E-state index in [1.807, 2.05) is 30.3 Å². The zero-order valence-corrected chi connectivity index (χ0v) is 14.0. The molecule has 0 saturated heterocycles. The number of hydrogen-bond donors (Lipinski definition) is 0. The lowest BCUT2D eigenvalue weighted by Crippen LogP contribution is -1.92. The van der Waals surface area contributed by atoms with E-state index in [0.717, 1.165) is 38.4 Å². The fraction of sp³-hybridized carbons (Fsp3) is 0. The minimum Gasteiger partial charge on any atom is -0.242 e. The highest BCUT2D eigenvalue weighted by Crippen LogP contribution is 2.31. The van der Waals surface area contributed by atoms with Gasteiger partial charge in [-0.05, 0) is 28.3 Å². The third kappa shape index (κ3) is 2.34. The van der Waals surface area contributed by atoms with Gasteiger partial charge in [-0.25, -0.2) is 9.97 Å². The summed E-state index contributed by atoms with van der Waals surface area (Å²) < 4.78 is 0. The summed E-state index contributed by atoms with van der Waals surface area (Å²) in [5.74, 6) is 0. The van der Waals surface area contributed by atoms with Crippen LogP contribution in [0.4, 0.5) is 0 Å². The summed E-state index contributed by atoms with van der Waals surface area (Å²) in [6.45, 7) is 0. The van der Waals surface area contributed by atoms with Crippen LogP contribution in [0.1, 0.15) is 0 Å². The SMILES string of the molecule is Clc1nc2ccc3ccccc3c2nc1-c1ccc2ccccc2c1. The molecule has 0 amide bonds. The Morgan fingerprint density at radius 2 is 1.36 bits per heavy atom. The lowest BCUT2D eigenvalue weighted by Gasteiger charge is -2.09. The molecule has 0 aliphatic rings. The van der Waals surface area contributed by atoms with Gasteiger partial charge in [0.05, 0.1) is 11.0 Å². The van der Waals surface area contributed by atoms with Gasteiger partial charge in [0.1, 0.15) is 5.69 Å². The Morgan fingerprint density at radius 3 is 2.24 bits per heavy atom. The Labute approximate surface area is 149 Å². The maximum absolute atomic E-state index is 6.47. The third-order valence-electron chi connectivity index (χ3n) is 4.54. The van der Waals surface area contributed by atoms with E-state index in [0.29, 0.717) is 5.15 Å². The molecule has 1 aromatic heterocycles. The second-order valence-corrected chi connectivity index (χ2v) is 6.44. The number of fused-ring (bicyclic) bond motifs is 4. The van der Waals surface area contributed by atoms with Gasteiger partial charge in [0.2, 0.25) is 0 Å². The summed E-state index contributed by atoms with van der Waals surface area (Å²) in [6.07, 6.45) is 0. The van der Waals surface area contributed by atoms with Crippen LogP contribution in [0, 0.1) is 0 Å². The first kappa shape index (κ1) is 14.4. The highest BCUT2D eigenvalue weighted by atomic mass is 35.5. The van der Waals surface area contributed by atoms with Crippen molar-refractivity contribution in [3.05, 3.63) is 84.0 Å². The molecule has 4 aromatic carbocycles. The van der Waals surface area contributed by atoms with E-state index in [9.17, 15) is 0 Å². The Bertz CT molecular complexity index is 1260. The van der Waals surface area contributed by atoms with Crippen LogP contribution in [0.15, 0.2) is 78.9 Å². The standard InChI is InChI=1S/C22H13ClN2/c23-22-20(17-10-9-14-5-1-2-7-16(14)13-17)25-21-18-8-4-3-6-15(18)11-12-19(21)24-22/h1-13H. The average molecular weight is 341 g/mol. The summed E-state index contributed by atoms with van der Waals surface area (Å²) in [5, 5.41) is 5.03. The molecule has 5 aromatic rings. The van der Waals surface area contributed by atoms with Crippen LogP contribution in [0.25, 0.3) is 43.8 Å². The van der Waals surface area contributed by atoms with Gasteiger partial charge >= 0.3 is 0 Å². The number of nitrogens with zero attached hydrogens (tertiary/aromatic N) is 2. The number of benzene rings is 4. The van der Waals surface area contributed by atoms with E-state index in [1.54, 1.807) is 0 Å². The topological polar surface area (TPSA) is 25.8 Å². The zero-order valence-electron chi connectivity index (χ0n) is 13.3. The molecule has 2 nitrogen and oxygen atoms in total. The maximum atomic E-state index is 6.47. The summed E-state index contributed by atoms with van der Waals surface area (Å²) in [6, 6.07) is 26.8. The first-order valence-corrected chi connectivity index (χ1v) is 8.51. The number of aromatic nitrogens is 2. The van der Waals surface area contributed by atoms with E-state index in [-0.39, 0.29) is 0 Å². The zero-order chi connectivity index (χ0) is 16.8. The molecule has 5 rings (SSSR count). The number of hydrogen-bond acceptors (Lipinski definition) is 2. The minimum atomic E-state index is 0.429. The predicted molar refractivity (Wildman–Crippen MR) is 105 cm³/mol. The molecule has 118 valence electrons. The Balaban J connectivity index is 1.82. The van der Waals surface area contributed by atoms with Crippen molar-refractivity contribution in [2.45, 2.75) is 0 Å². The van der Waals surface area contributed by atoms with Gasteiger partial charge in [-0.15, -0.1) is 0 Å². The fourth-order valence-corrected chi connectivity index (χ4v) is 3.53. The molecular formula is C22H13ClN2. The van der Waals surface area contributed by atoms with Crippen molar-refractivity contribution in [3.63, 3.8) is 0 Å². The summed E-state index contributed by atoms with van der Waals surface area (Å²) in [5.41, 5.74) is 3.39. The molecule has 0 radical (unpaired) electrons. The fourth-order valence-electron chi connectivity index (χ4n) is 3.29.